The van der Waals surface area contributed by atoms with E-state index in [4.69, 9.17) is 16.3 Å². The minimum Gasteiger partial charge on any atom is -0.372 e. The van der Waals surface area contributed by atoms with Crippen LogP contribution in [0.25, 0.3) is 10.6 Å². The molecule has 0 N–H and O–H groups in total. The lowest BCUT2D eigenvalue weighted by Gasteiger charge is -1.95. The molecular formula is C11H9ClNOS. The van der Waals surface area contributed by atoms with E-state index >= 15 is 0 Å². The number of rotatable bonds is 3. The molecule has 2 nitrogen and oxygen atoms in total. The van der Waals surface area contributed by atoms with Gasteiger partial charge in [0.15, 0.2) is 0 Å². The van der Waals surface area contributed by atoms with Gasteiger partial charge in [-0.3, -0.25) is 0 Å². The van der Waals surface area contributed by atoms with Crippen molar-refractivity contribution in [3.8, 4) is 10.6 Å². The van der Waals surface area contributed by atoms with Crippen LogP contribution in [-0.4, -0.2) is 12.1 Å². The number of nitrogens with zero attached hydrogens (tertiary/aromatic N) is 1. The molecule has 4 heteroatoms. The Morgan fingerprint density at radius 3 is 2.73 bits per heavy atom. The molecule has 0 amide bonds. The molecule has 0 atom stereocenters. The van der Waals surface area contributed by atoms with Crippen LogP contribution in [-0.2, 0) is 4.74 Å². The molecule has 0 saturated carbocycles. The van der Waals surface area contributed by atoms with Crippen LogP contribution >= 0.6 is 22.9 Å². The van der Waals surface area contributed by atoms with E-state index in [0.29, 0.717) is 0 Å². The van der Waals surface area contributed by atoms with E-state index in [9.17, 15) is 0 Å². The molecule has 0 aliphatic carbocycles. The molecule has 1 aromatic carbocycles. The minimum absolute atomic E-state index is 0.735. The molecule has 0 spiro atoms. The maximum Gasteiger partial charge on any atom is 0.132 e. The Bertz CT molecular complexity index is 438. The monoisotopic (exact) mass is 238 g/mol. The Morgan fingerprint density at radius 2 is 2.07 bits per heavy atom. The predicted octanol–water partition coefficient (Wildman–Crippen LogP) is 3.62. The van der Waals surface area contributed by atoms with Gasteiger partial charge in [-0.05, 0) is 12.1 Å². The molecule has 0 bridgehead atoms. The second-order valence-corrected chi connectivity index (χ2v) is 4.23. The summed E-state index contributed by atoms with van der Waals surface area (Å²) in [5, 5.41) is 3.65. The van der Waals surface area contributed by atoms with Crippen LogP contribution in [0.1, 0.15) is 5.69 Å². The topological polar surface area (TPSA) is 22.1 Å². The van der Waals surface area contributed by atoms with Gasteiger partial charge in [-0.25, -0.2) is 4.98 Å². The van der Waals surface area contributed by atoms with E-state index in [1.165, 1.54) is 0 Å². The van der Waals surface area contributed by atoms with E-state index in [1.807, 2.05) is 29.6 Å². The summed E-state index contributed by atoms with van der Waals surface area (Å²) in [6.45, 7) is 1.62. The molecular weight excluding hydrogens is 230 g/mol. The van der Waals surface area contributed by atoms with Gasteiger partial charge in [0.05, 0.1) is 5.69 Å². The van der Waals surface area contributed by atoms with Crippen molar-refractivity contribution in [2.75, 3.05) is 7.11 Å². The highest BCUT2D eigenvalue weighted by Gasteiger charge is 2.04. The van der Waals surface area contributed by atoms with Gasteiger partial charge in [0, 0.05) is 23.1 Å². The van der Waals surface area contributed by atoms with Crippen LogP contribution in [0, 0.1) is 6.61 Å². The van der Waals surface area contributed by atoms with Gasteiger partial charge in [0.25, 0.3) is 0 Å². The SMILES string of the molecule is CO[CH]c1csc(-c2ccc(Cl)cc2)n1. The van der Waals surface area contributed by atoms with Gasteiger partial charge in [-0.15, -0.1) is 11.3 Å². The summed E-state index contributed by atoms with van der Waals surface area (Å²) < 4.78 is 4.89. The van der Waals surface area contributed by atoms with Crippen molar-refractivity contribution >= 4 is 22.9 Å². The average molecular weight is 239 g/mol. The van der Waals surface area contributed by atoms with Crippen LogP contribution in [0.15, 0.2) is 29.6 Å². The lowest BCUT2D eigenvalue weighted by Crippen LogP contribution is -1.83. The van der Waals surface area contributed by atoms with E-state index < -0.39 is 0 Å². The first kappa shape index (κ1) is 10.6. The summed E-state index contributed by atoms with van der Waals surface area (Å²) in [6.07, 6.45) is 0. The summed E-state index contributed by atoms with van der Waals surface area (Å²) in [4.78, 5) is 4.39. The maximum absolute atomic E-state index is 5.81. The zero-order valence-corrected chi connectivity index (χ0v) is 9.68. The summed E-state index contributed by atoms with van der Waals surface area (Å²) in [6, 6.07) is 7.63. The first-order valence-corrected chi connectivity index (χ1v) is 5.63. The molecule has 0 aliphatic rings. The Balaban J connectivity index is 2.25. The van der Waals surface area contributed by atoms with Gasteiger partial charge in [-0.2, -0.15) is 0 Å². The number of thiazole rings is 1. The third kappa shape index (κ3) is 2.56. The number of hydrogen-bond acceptors (Lipinski definition) is 3. The number of benzene rings is 1. The van der Waals surface area contributed by atoms with E-state index in [2.05, 4.69) is 4.98 Å². The molecule has 2 rings (SSSR count). The van der Waals surface area contributed by atoms with Crippen LogP contribution in [0.2, 0.25) is 5.02 Å². The molecule has 2 aromatic rings. The van der Waals surface area contributed by atoms with Crippen molar-refractivity contribution in [3.05, 3.63) is 47.0 Å². The third-order valence-corrected chi connectivity index (χ3v) is 3.01. The fraction of sp³-hybridized carbons (Fsp3) is 0.0909. The van der Waals surface area contributed by atoms with Crippen molar-refractivity contribution in [3.63, 3.8) is 0 Å². The lowest BCUT2D eigenvalue weighted by molar-refractivity contribution is 0.290. The highest BCUT2D eigenvalue weighted by atomic mass is 35.5. The zero-order valence-electron chi connectivity index (χ0n) is 8.11. The molecule has 0 unspecified atom stereocenters. The number of halogens is 1. The fourth-order valence-electron chi connectivity index (χ4n) is 1.19. The van der Waals surface area contributed by atoms with Gasteiger partial charge in [0.2, 0.25) is 0 Å². The highest BCUT2D eigenvalue weighted by molar-refractivity contribution is 7.13. The molecule has 1 heterocycles. The van der Waals surface area contributed by atoms with Crippen LogP contribution in [0.5, 0.6) is 0 Å². The smallest absolute Gasteiger partial charge is 0.132 e. The van der Waals surface area contributed by atoms with Crippen LogP contribution in [0.3, 0.4) is 0 Å². The summed E-state index contributed by atoms with van der Waals surface area (Å²) >= 11 is 7.39. The molecule has 15 heavy (non-hydrogen) atoms. The van der Waals surface area contributed by atoms with E-state index in [-0.39, 0.29) is 0 Å². The van der Waals surface area contributed by atoms with Crippen molar-refractivity contribution in [2.24, 2.45) is 0 Å². The minimum atomic E-state index is 0.735. The second kappa shape index (κ2) is 4.75. The van der Waals surface area contributed by atoms with Crippen molar-refractivity contribution in [1.82, 2.24) is 4.98 Å². The third-order valence-electron chi connectivity index (χ3n) is 1.85. The number of ether oxygens (including phenoxy) is 1. The Kier molecular flexibility index (Phi) is 3.36. The van der Waals surface area contributed by atoms with E-state index in [1.54, 1.807) is 25.1 Å². The largest absolute Gasteiger partial charge is 0.372 e. The molecule has 1 aromatic heterocycles. The highest BCUT2D eigenvalue weighted by Crippen LogP contribution is 2.25. The van der Waals surface area contributed by atoms with Gasteiger partial charge in [-0.1, -0.05) is 23.7 Å². The van der Waals surface area contributed by atoms with Gasteiger partial charge < -0.3 is 4.74 Å². The summed E-state index contributed by atoms with van der Waals surface area (Å²) in [5.74, 6) is 0. The molecule has 0 aliphatic heterocycles. The first-order chi connectivity index (χ1) is 7.29. The van der Waals surface area contributed by atoms with Crippen LogP contribution in [0.4, 0.5) is 0 Å². The molecule has 77 valence electrons. The Hall–Kier alpha value is -0.900. The maximum atomic E-state index is 5.81. The standard InChI is InChI=1S/C11H9ClNOS/c1-14-6-10-7-15-11(13-10)8-2-4-9(12)5-3-8/h2-7H,1H3. The summed E-state index contributed by atoms with van der Waals surface area (Å²) in [5.41, 5.74) is 1.91. The Labute approximate surface area is 97.5 Å². The zero-order chi connectivity index (χ0) is 10.7. The van der Waals surface area contributed by atoms with Crippen molar-refractivity contribution in [2.45, 2.75) is 0 Å². The average Bonchev–Trinajstić information content (AvgIpc) is 2.68. The van der Waals surface area contributed by atoms with Crippen molar-refractivity contribution in [1.29, 1.82) is 0 Å². The predicted molar refractivity (Wildman–Crippen MR) is 63.0 cm³/mol. The van der Waals surface area contributed by atoms with Crippen LogP contribution < -0.4 is 0 Å². The van der Waals surface area contributed by atoms with Gasteiger partial charge in [0.1, 0.15) is 11.6 Å². The molecule has 1 radical (unpaired) electrons. The quantitative estimate of drug-likeness (QED) is 0.815. The lowest BCUT2D eigenvalue weighted by atomic mass is 10.2. The number of methoxy groups -OCH3 is 1. The Morgan fingerprint density at radius 1 is 1.33 bits per heavy atom. The summed E-state index contributed by atoms with van der Waals surface area (Å²) in [7, 11) is 1.61. The molecule has 0 fully saturated rings. The second-order valence-electron chi connectivity index (χ2n) is 2.94. The van der Waals surface area contributed by atoms with Crippen molar-refractivity contribution < 1.29 is 4.74 Å². The number of aromatic nitrogens is 1. The van der Waals surface area contributed by atoms with Gasteiger partial charge >= 0.3 is 0 Å². The number of hydrogen-bond donors (Lipinski definition) is 0. The normalized spacial score (nSPS) is 10.5. The first-order valence-electron chi connectivity index (χ1n) is 4.37. The van der Waals surface area contributed by atoms with E-state index in [0.717, 1.165) is 21.3 Å². The fourth-order valence-corrected chi connectivity index (χ4v) is 2.08. The molecule has 0 saturated heterocycles.